The zero-order chi connectivity index (χ0) is 14.0. The Morgan fingerprint density at radius 3 is 1.45 bits per heavy atom. The highest BCUT2D eigenvalue weighted by Gasteiger charge is 2.20. The summed E-state index contributed by atoms with van der Waals surface area (Å²) in [6.45, 7) is 0. The molecule has 20 heavy (non-hydrogen) atoms. The third kappa shape index (κ3) is 1.56. The highest BCUT2D eigenvalue weighted by Crippen LogP contribution is 2.49. The molecule has 0 aromatic carbocycles. The van der Waals surface area contributed by atoms with E-state index in [-0.39, 0.29) is 0 Å². The third-order valence-electron chi connectivity index (χ3n) is 2.86. The minimum atomic E-state index is -0.905. The molecule has 0 spiro atoms. The van der Waals surface area contributed by atoms with Gasteiger partial charge in [-0.2, -0.15) is 0 Å². The average Bonchev–Trinajstić information content (AvgIpc) is 3.04. The molecule has 0 fully saturated rings. The van der Waals surface area contributed by atoms with Gasteiger partial charge in [-0.3, -0.25) is 0 Å². The van der Waals surface area contributed by atoms with E-state index in [1.54, 1.807) is 12.1 Å². The van der Waals surface area contributed by atoms with Gasteiger partial charge in [0.2, 0.25) is 0 Å². The van der Waals surface area contributed by atoms with Crippen molar-refractivity contribution in [3.8, 4) is 0 Å². The summed E-state index contributed by atoms with van der Waals surface area (Å²) in [7, 11) is 0. The van der Waals surface area contributed by atoms with Gasteiger partial charge in [-0.25, -0.2) is 9.59 Å². The lowest BCUT2D eigenvalue weighted by molar-refractivity contribution is 0.0691. The van der Waals surface area contributed by atoms with Gasteiger partial charge in [0.15, 0.2) is 0 Å². The standard InChI is InChI=1S/C12H4O4S4/c13-11(14)5-1-3-7(19-5)9-10(17-3)8-4(18-9)2-6(20-8)12(15)16/h1-2H,(H,13,14)(H,15,16). The summed E-state index contributed by atoms with van der Waals surface area (Å²) in [4.78, 5) is 22.7. The van der Waals surface area contributed by atoms with E-state index in [2.05, 4.69) is 0 Å². The molecule has 4 aromatic heterocycles. The molecule has 4 aromatic rings. The molecule has 0 unspecified atom stereocenters. The van der Waals surface area contributed by atoms with Crippen LogP contribution in [-0.2, 0) is 0 Å². The van der Waals surface area contributed by atoms with Gasteiger partial charge in [0.25, 0.3) is 0 Å². The molecule has 4 heterocycles. The first-order valence-corrected chi connectivity index (χ1v) is 8.66. The van der Waals surface area contributed by atoms with E-state index in [9.17, 15) is 9.59 Å². The molecule has 0 saturated carbocycles. The maximum Gasteiger partial charge on any atom is 0.345 e. The first kappa shape index (κ1) is 12.3. The van der Waals surface area contributed by atoms with Crippen LogP contribution in [0.3, 0.4) is 0 Å². The quantitative estimate of drug-likeness (QED) is 0.550. The van der Waals surface area contributed by atoms with E-state index < -0.39 is 11.9 Å². The Balaban J connectivity index is 2.05. The number of carboxylic acid groups (broad SMARTS) is 2. The van der Waals surface area contributed by atoms with Gasteiger partial charge >= 0.3 is 11.9 Å². The van der Waals surface area contributed by atoms with Crippen LogP contribution in [0.15, 0.2) is 12.1 Å². The molecule has 100 valence electrons. The Morgan fingerprint density at radius 2 is 1.10 bits per heavy atom. The Hall–Kier alpha value is -1.48. The fraction of sp³-hybridized carbons (Fsp3) is 0. The Morgan fingerprint density at radius 1 is 0.700 bits per heavy atom. The second-order valence-electron chi connectivity index (χ2n) is 4.08. The maximum atomic E-state index is 11.0. The lowest BCUT2D eigenvalue weighted by atomic mass is 10.4. The lowest BCUT2D eigenvalue weighted by Gasteiger charge is -1.83. The van der Waals surface area contributed by atoms with E-state index in [0.29, 0.717) is 9.75 Å². The number of fused-ring (bicyclic) bond motifs is 5. The van der Waals surface area contributed by atoms with Crippen LogP contribution < -0.4 is 0 Å². The van der Waals surface area contributed by atoms with E-state index in [4.69, 9.17) is 10.2 Å². The van der Waals surface area contributed by atoms with E-state index >= 15 is 0 Å². The minimum Gasteiger partial charge on any atom is -0.477 e. The van der Waals surface area contributed by atoms with Crippen LogP contribution in [0, 0.1) is 0 Å². The van der Waals surface area contributed by atoms with Gasteiger partial charge in [-0.1, -0.05) is 0 Å². The molecular weight excluding hydrogens is 336 g/mol. The van der Waals surface area contributed by atoms with Crippen LogP contribution in [0.4, 0.5) is 0 Å². The molecule has 0 saturated heterocycles. The van der Waals surface area contributed by atoms with Crippen LogP contribution in [0.1, 0.15) is 19.3 Å². The molecule has 0 radical (unpaired) electrons. The minimum absolute atomic E-state index is 0.344. The predicted molar refractivity (Wildman–Crippen MR) is 84.4 cm³/mol. The number of carboxylic acids is 2. The van der Waals surface area contributed by atoms with Gasteiger partial charge < -0.3 is 10.2 Å². The summed E-state index contributed by atoms with van der Waals surface area (Å²) in [5.74, 6) is -1.81. The zero-order valence-corrected chi connectivity index (χ0v) is 12.8. The van der Waals surface area contributed by atoms with Gasteiger partial charge in [0.1, 0.15) is 9.75 Å². The van der Waals surface area contributed by atoms with Crippen LogP contribution in [-0.4, -0.2) is 22.2 Å². The highest BCUT2D eigenvalue weighted by atomic mass is 32.1. The summed E-state index contributed by atoms with van der Waals surface area (Å²) in [5, 5.41) is 18.1. The predicted octanol–water partition coefficient (Wildman–Crippen LogP) is 4.79. The molecule has 0 aliphatic carbocycles. The van der Waals surface area contributed by atoms with Crippen molar-refractivity contribution < 1.29 is 19.8 Å². The van der Waals surface area contributed by atoms with Crippen molar-refractivity contribution in [2.24, 2.45) is 0 Å². The fourth-order valence-corrected chi connectivity index (χ4v) is 7.35. The van der Waals surface area contributed by atoms with E-state index in [1.165, 1.54) is 45.3 Å². The number of carbonyl (C=O) groups is 2. The molecular formula is C12H4O4S4. The van der Waals surface area contributed by atoms with Crippen LogP contribution in [0.2, 0.25) is 0 Å². The molecule has 0 aliphatic heterocycles. The zero-order valence-electron chi connectivity index (χ0n) is 9.50. The first-order chi connectivity index (χ1) is 9.54. The van der Waals surface area contributed by atoms with E-state index in [0.717, 1.165) is 28.2 Å². The smallest absolute Gasteiger partial charge is 0.345 e. The Kier molecular flexibility index (Phi) is 2.46. The average molecular weight is 340 g/mol. The van der Waals surface area contributed by atoms with Gasteiger partial charge in [-0.15, -0.1) is 45.3 Å². The highest BCUT2D eigenvalue weighted by molar-refractivity contribution is 7.44. The van der Waals surface area contributed by atoms with E-state index in [1.807, 2.05) is 0 Å². The summed E-state index contributed by atoms with van der Waals surface area (Å²) < 4.78 is 6.04. The lowest BCUT2D eigenvalue weighted by Crippen LogP contribution is -1.89. The van der Waals surface area contributed by atoms with Gasteiger partial charge in [0.05, 0.1) is 18.8 Å². The molecule has 4 nitrogen and oxygen atoms in total. The first-order valence-electron chi connectivity index (χ1n) is 5.39. The summed E-state index contributed by atoms with van der Waals surface area (Å²) in [5.41, 5.74) is 0. The fourth-order valence-electron chi connectivity index (χ4n) is 2.04. The monoisotopic (exact) mass is 340 g/mol. The Labute approximate surface area is 127 Å². The van der Waals surface area contributed by atoms with Crippen molar-refractivity contribution in [1.29, 1.82) is 0 Å². The van der Waals surface area contributed by atoms with Crippen molar-refractivity contribution >= 4 is 85.5 Å². The summed E-state index contributed by atoms with van der Waals surface area (Å²) >= 11 is 5.63. The third-order valence-corrected chi connectivity index (χ3v) is 8.10. The van der Waals surface area contributed by atoms with Crippen molar-refractivity contribution in [1.82, 2.24) is 0 Å². The number of aromatic carboxylic acids is 2. The molecule has 2 N–H and O–H groups in total. The molecule has 8 heteroatoms. The summed E-state index contributed by atoms with van der Waals surface area (Å²) in [6, 6.07) is 3.38. The number of thiophene rings is 4. The molecule has 0 bridgehead atoms. The number of rotatable bonds is 2. The second-order valence-corrected chi connectivity index (χ2v) is 8.29. The van der Waals surface area contributed by atoms with Gasteiger partial charge in [0, 0.05) is 9.40 Å². The molecule has 0 atom stereocenters. The van der Waals surface area contributed by atoms with Crippen LogP contribution >= 0.6 is 45.3 Å². The topological polar surface area (TPSA) is 74.6 Å². The largest absolute Gasteiger partial charge is 0.477 e. The number of hydrogen-bond acceptors (Lipinski definition) is 6. The maximum absolute atomic E-state index is 11.0. The number of hydrogen-bond donors (Lipinski definition) is 2. The van der Waals surface area contributed by atoms with Crippen molar-refractivity contribution in [3.63, 3.8) is 0 Å². The normalized spacial score (nSPS) is 11.8. The molecule has 0 aliphatic rings. The molecule has 4 rings (SSSR count). The van der Waals surface area contributed by atoms with Crippen molar-refractivity contribution in [2.45, 2.75) is 0 Å². The van der Waals surface area contributed by atoms with Gasteiger partial charge in [-0.05, 0) is 12.1 Å². The molecule has 0 amide bonds. The Bertz CT molecular complexity index is 930. The second kappa shape index (κ2) is 4.01. The van der Waals surface area contributed by atoms with Crippen molar-refractivity contribution in [3.05, 3.63) is 21.9 Å². The van der Waals surface area contributed by atoms with Crippen molar-refractivity contribution in [2.75, 3.05) is 0 Å². The van der Waals surface area contributed by atoms with Crippen LogP contribution in [0.25, 0.3) is 28.2 Å². The van der Waals surface area contributed by atoms with Crippen LogP contribution in [0.5, 0.6) is 0 Å². The SMILES string of the molecule is O=C(O)c1cc2sc3c4sc(C(=O)O)cc4sc3c2s1. The summed E-state index contributed by atoms with van der Waals surface area (Å²) in [6.07, 6.45) is 0.